The van der Waals surface area contributed by atoms with Crippen molar-refractivity contribution in [3.63, 3.8) is 0 Å². The molecule has 22 heavy (non-hydrogen) atoms. The van der Waals surface area contributed by atoms with E-state index in [9.17, 15) is 4.79 Å². The molecule has 0 saturated carbocycles. The highest BCUT2D eigenvalue weighted by Crippen LogP contribution is 2.32. The van der Waals surface area contributed by atoms with E-state index in [4.69, 9.17) is 21.1 Å². The van der Waals surface area contributed by atoms with Crippen LogP contribution in [0.15, 0.2) is 30.3 Å². The number of aryl methyl sites for hydroxylation is 1. The standard InChI is InChI=1S/C16H16ClNO3S/c17-15-5-2-12(22-15)3-6-16(19)18-8-7-11-1-4-13-14(9-11)21-10-20-13/h1-2,4-5,9H,3,6-8,10H2,(H,18,19). The van der Waals surface area contributed by atoms with Gasteiger partial charge in [-0.3, -0.25) is 4.79 Å². The quantitative estimate of drug-likeness (QED) is 0.878. The van der Waals surface area contributed by atoms with Crippen molar-refractivity contribution in [1.29, 1.82) is 0 Å². The van der Waals surface area contributed by atoms with Crippen molar-refractivity contribution in [2.45, 2.75) is 19.3 Å². The first-order valence-electron chi connectivity index (χ1n) is 7.10. The van der Waals surface area contributed by atoms with Crippen LogP contribution in [0.1, 0.15) is 16.9 Å². The highest BCUT2D eigenvalue weighted by Gasteiger charge is 2.13. The highest BCUT2D eigenvalue weighted by molar-refractivity contribution is 7.16. The van der Waals surface area contributed by atoms with Gasteiger partial charge >= 0.3 is 0 Å². The molecule has 3 rings (SSSR count). The summed E-state index contributed by atoms with van der Waals surface area (Å²) >= 11 is 7.39. The van der Waals surface area contributed by atoms with E-state index < -0.39 is 0 Å². The van der Waals surface area contributed by atoms with Crippen LogP contribution in [-0.4, -0.2) is 19.2 Å². The summed E-state index contributed by atoms with van der Waals surface area (Å²) < 4.78 is 11.4. The van der Waals surface area contributed by atoms with Gasteiger partial charge in [0.2, 0.25) is 12.7 Å². The molecule has 0 bridgehead atoms. The smallest absolute Gasteiger partial charge is 0.231 e. The summed E-state index contributed by atoms with van der Waals surface area (Å²) in [5.74, 6) is 1.62. The van der Waals surface area contributed by atoms with Gasteiger partial charge in [-0.15, -0.1) is 11.3 Å². The molecule has 4 nitrogen and oxygen atoms in total. The zero-order chi connectivity index (χ0) is 15.4. The largest absolute Gasteiger partial charge is 0.454 e. The number of fused-ring (bicyclic) bond motifs is 1. The maximum atomic E-state index is 11.8. The summed E-state index contributed by atoms with van der Waals surface area (Å²) in [7, 11) is 0. The molecular formula is C16H16ClNO3S. The molecule has 0 atom stereocenters. The lowest BCUT2D eigenvalue weighted by molar-refractivity contribution is -0.121. The number of hydrogen-bond acceptors (Lipinski definition) is 4. The minimum Gasteiger partial charge on any atom is -0.454 e. The third-order valence-corrected chi connectivity index (χ3v) is 4.69. The average molecular weight is 338 g/mol. The maximum absolute atomic E-state index is 11.8. The van der Waals surface area contributed by atoms with Crippen molar-refractivity contribution in [1.82, 2.24) is 5.32 Å². The van der Waals surface area contributed by atoms with Gasteiger partial charge in [0, 0.05) is 17.8 Å². The van der Waals surface area contributed by atoms with E-state index in [0.29, 0.717) is 13.0 Å². The van der Waals surface area contributed by atoms with Crippen molar-refractivity contribution in [3.8, 4) is 11.5 Å². The molecule has 1 aliphatic rings. The zero-order valence-corrected chi connectivity index (χ0v) is 13.5. The Hall–Kier alpha value is -1.72. The summed E-state index contributed by atoms with van der Waals surface area (Å²) in [4.78, 5) is 13.0. The summed E-state index contributed by atoms with van der Waals surface area (Å²) in [5, 5.41) is 2.94. The van der Waals surface area contributed by atoms with Gasteiger partial charge in [-0.25, -0.2) is 0 Å². The molecule has 1 N–H and O–H groups in total. The molecule has 0 unspecified atom stereocenters. The molecule has 1 amide bonds. The Bertz CT molecular complexity index is 671. The fourth-order valence-corrected chi connectivity index (χ4v) is 3.34. The van der Waals surface area contributed by atoms with Gasteiger partial charge < -0.3 is 14.8 Å². The van der Waals surface area contributed by atoms with Crippen molar-refractivity contribution in [2.75, 3.05) is 13.3 Å². The Kier molecular flexibility index (Phi) is 4.85. The van der Waals surface area contributed by atoms with Gasteiger partial charge in [0.25, 0.3) is 0 Å². The number of carbonyl (C=O) groups is 1. The summed E-state index contributed by atoms with van der Waals surface area (Å²) in [6.07, 6.45) is 1.98. The molecule has 1 aromatic carbocycles. The van der Waals surface area contributed by atoms with Crippen molar-refractivity contribution < 1.29 is 14.3 Å². The van der Waals surface area contributed by atoms with Crippen LogP contribution in [0, 0.1) is 0 Å². The lowest BCUT2D eigenvalue weighted by Gasteiger charge is -2.06. The predicted molar refractivity (Wildman–Crippen MR) is 86.9 cm³/mol. The average Bonchev–Trinajstić information content (AvgIpc) is 3.13. The Balaban J connectivity index is 1.40. The summed E-state index contributed by atoms with van der Waals surface area (Å²) in [6, 6.07) is 9.68. The predicted octanol–water partition coefficient (Wildman–Crippen LogP) is 3.42. The van der Waals surface area contributed by atoms with E-state index in [-0.39, 0.29) is 12.7 Å². The second kappa shape index (κ2) is 7.03. The minimum absolute atomic E-state index is 0.0604. The summed E-state index contributed by atoms with van der Waals surface area (Å²) in [6.45, 7) is 0.895. The minimum atomic E-state index is 0.0604. The topological polar surface area (TPSA) is 47.6 Å². The van der Waals surface area contributed by atoms with Crippen LogP contribution in [0.5, 0.6) is 11.5 Å². The lowest BCUT2D eigenvalue weighted by Crippen LogP contribution is -2.25. The van der Waals surface area contributed by atoms with Crippen molar-refractivity contribution in [3.05, 3.63) is 45.1 Å². The van der Waals surface area contributed by atoms with E-state index in [1.54, 1.807) is 0 Å². The highest BCUT2D eigenvalue weighted by atomic mass is 35.5. The Morgan fingerprint density at radius 3 is 2.86 bits per heavy atom. The lowest BCUT2D eigenvalue weighted by atomic mass is 10.1. The van der Waals surface area contributed by atoms with Gasteiger partial charge in [0.1, 0.15) is 0 Å². The van der Waals surface area contributed by atoms with Crippen molar-refractivity contribution in [2.24, 2.45) is 0 Å². The van der Waals surface area contributed by atoms with Crippen LogP contribution in [0.2, 0.25) is 4.34 Å². The molecule has 0 aliphatic carbocycles. The van der Waals surface area contributed by atoms with E-state index in [2.05, 4.69) is 5.32 Å². The van der Waals surface area contributed by atoms with Crippen molar-refractivity contribution >= 4 is 28.8 Å². The van der Waals surface area contributed by atoms with Gasteiger partial charge in [0.15, 0.2) is 11.5 Å². The Labute approximate surface area is 138 Å². The first kappa shape index (κ1) is 15.2. The number of amides is 1. The van der Waals surface area contributed by atoms with Crippen LogP contribution >= 0.6 is 22.9 Å². The van der Waals surface area contributed by atoms with Gasteiger partial charge in [0.05, 0.1) is 4.34 Å². The second-order valence-corrected chi connectivity index (χ2v) is 6.79. The van der Waals surface area contributed by atoms with Crippen LogP contribution in [-0.2, 0) is 17.6 Å². The second-order valence-electron chi connectivity index (χ2n) is 4.99. The fraction of sp³-hybridized carbons (Fsp3) is 0.312. The molecule has 2 aromatic rings. The number of nitrogens with one attached hydrogen (secondary N) is 1. The first-order chi connectivity index (χ1) is 10.7. The Morgan fingerprint density at radius 2 is 2.05 bits per heavy atom. The molecule has 6 heteroatoms. The van der Waals surface area contributed by atoms with Gasteiger partial charge in [-0.1, -0.05) is 17.7 Å². The van der Waals surface area contributed by atoms with Gasteiger partial charge in [-0.05, 0) is 42.7 Å². The number of carbonyl (C=O) groups excluding carboxylic acids is 1. The molecule has 0 spiro atoms. The van der Waals surface area contributed by atoms with Crippen LogP contribution in [0.25, 0.3) is 0 Å². The number of hydrogen-bond donors (Lipinski definition) is 1. The number of benzene rings is 1. The third kappa shape index (κ3) is 3.93. The molecular weight excluding hydrogens is 322 g/mol. The monoisotopic (exact) mass is 337 g/mol. The third-order valence-electron chi connectivity index (χ3n) is 3.40. The van der Waals surface area contributed by atoms with Gasteiger partial charge in [-0.2, -0.15) is 0 Å². The summed E-state index contributed by atoms with van der Waals surface area (Å²) in [5.41, 5.74) is 1.12. The molecule has 1 aliphatic heterocycles. The Morgan fingerprint density at radius 1 is 1.18 bits per heavy atom. The van der Waals surface area contributed by atoms with Crippen LogP contribution < -0.4 is 14.8 Å². The molecule has 2 heterocycles. The molecule has 1 aromatic heterocycles. The maximum Gasteiger partial charge on any atom is 0.231 e. The number of ether oxygens (including phenoxy) is 2. The molecule has 0 saturated heterocycles. The van der Waals surface area contributed by atoms with E-state index >= 15 is 0 Å². The van der Waals surface area contributed by atoms with E-state index in [1.165, 1.54) is 11.3 Å². The first-order valence-corrected chi connectivity index (χ1v) is 8.29. The van der Waals surface area contributed by atoms with Crippen LogP contribution in [0.4, 0.5) is 0 Å². The molecule has 116 valence electrons. The molecule has 0 fully saturated rings. The number of halogens is 1. The number of rotatable bonds is 6. The van der Waals surface area contributed by atoms with E-state index in [0.717, 1.165) is 39.1 Å². The number of thiophene rings is 1. The fourth-order valence-electron chi connectivity index (χ4n) is 2.25. The van der Waals surface area contributed by atoms with E-state index in [1.807, 2.05) is 30.3 Å². The normalized spacial score (nSPS) is 12.4. The SMILES string of the molecule is O=C(CCc1ccc(Cl)s1)NCCc1ccc2c(c1)OCO2. The van der Waals surface area contributed by atoms with Crippen LogP contribution in [0.3, 0.4) is 0 Å². The zero-order valence-electron chi connectivity index (χ0n) is 11.9. The molecule has 0 radical (unpaired) electrons.